The van der Waals surface area contributed by atoms with E-state index in [2.05, 4.69) is 31.6 Å². The number of aromatic nitrogens is 2. The summed E-state index contributed by atoms with van der Waals surface area (Å²) in [5.41, 5.74) is 1.73. The third kappa shape index (κ3) is 16.1. The number of nitrogens with one attached hydrogen (secondary N) is 5. The minimum absolute atomic E-state index is 0.00698. The smallest absolute Gasteiger partial charge is 0.262 e. The average Bonchev–Trinajstić information content (AvgIpc) is 4.10. The number of hydrogen-bond donors (Lipinski definition) is 5. The normalized spacial score (nSPS) is 14.9. The second-order valence-electron chi connectivity index (χ2n) is 15.9. The Morgan fingerprint density at radius 2 is 1.51 bits per heavy atom. The van der Waals surface area contributed by atoms with Crippen molar-refractivity contribution in [3.05, 3.63) is 89.1 Å². The number of thiazole rings is 1. The Labute approximate surface area is 412 Å². The molecule has 2 aromatic carbocycles. The van der Waals surface area contributed by atoms with Gasteiger partial charge in [-0.1, -0.05) is 30.3 Å². The molecule has 380 valence electrons. The van der Waals surface area contributed by atoms with Gasteiger partial charge in [-0.2, -0.15) is 0 Å². The third-order valence-corrected chi connectivity index (χ3v) is 12.4. The van der Waals surface area contributed by atoms with Crippen molar-refractivity contribution in [2.24, 2.45) is 0 Å². The summed E-state index contributed by atoms with van der Waals surface area (Å²) in [4.78, 5) is 106. The minimum atomic E-state index is -3.62. The fourth-order valence-corrected chi connectivity index (χ4v) is 8.34. The van der Waals surface area contributed by atoms with E-state index in [0.29, 0.717) is 23.9 Å². The number of rotatable bonds is 29. The molecule has 71 heavy (non-hydrogen) atoms. The van der Waals surface area contributed by atoms with Crippen molar-refractivity contribution in [3.63, 3.8) is 0 Å². The van der Waals surface area contributed by atoms with Crippen molar-refractivity contribution in [1.29, 1.82) is 0 Å². The van der Waals surface area contributed by atoms with Crippen LogP contribution in [0, 0.1) is 0 Å². The van der Waals surface area contributed by atoms with Gasteiger partial charge >= 0.3 is 0 Å². The van der Waals surface area contributed by atoms with Crippen molar-refractivity contribution >= 4 is 73.7 Å². The zero-order chi connectivity index (χ0) is 50.8. The van der Waals surface area contributed by atoms with Crippen LogP contribution in [0.5, 0.6) is 5.75 Å². The molecule has 4 heterocycles. The monoisotopic (exact) mass is 1020 g/mol. The molecule has 4 aromatic rings. The van der Waals surface area contributed by atoms with Crippen LogP contribution in [0.4, 0.5) is 5.13 Å². The van der Waals surface area contributed by atoms with Crippen LogP contribution in [-0.4, -0.2) is 160 Å². The van der Waals surface area contributed by atoms with Gasteiger partial charge in [0.2, 0.25) is 33.7 Å². The SMILES string of the molecule is CS(=O)(=O)n1ccc(C(=O)N[C@@H](CCOCCCC(=O)NCCOCCOCCOCCNC(=O)COc2ccc3c(c2)C(=O)N(C2CCC(=O)NC2=O)C3=O)C(=O)Nc2nc(-c3ccccc3)cs2)c1. The van der Waals surface area contributed by atoms with E-state index in [1.54, 1.807) is 5.38 Å². The summed E-state index contributed by atoms with van der Waals surface area (Å²) in [6.07, 6.45) is 4.10. The van der Waals surface area contributed by atoms with E-state index >= 15 is 0 Å². The van der Waals surface area contributed by atoms with Crippen molar-refractivity contribution in [2.45, 2.75) is 44.2 Å². The molecule has 25 heteroatoms. The van der Waals surface area contributed by atoms with Crippen LogP contribution in [0.15, 0.2) is 72.4 Å². The van der Waals surface area contributed by atoms with E-state index in [1.807, 2.05) is 30.3 Å². The van der Waals surface area contributed by atoms with Crippen molar-refractivity contribution in [2.75, 3.05) is 84.1 Å². The average molecular weight is 1020 g/mol. The third-order valence-electron chi connectivity index (χ3n) is 10.6. The number of anilines is 1. The van der Waals surface area contributed by atoms with E-state index in [-0.39, 0.29) is 120 Å². The van der Waals surface area contributed by atoms with Gasteiger partial charge in [0.25, 0.3) is 23.6 Å². The largest absolute Gasteiger partial charge is 0.484 e. The van der Waals surface area contributed by atoms with Gasteiger partial charge in [0.15, 0.2) is 11.7 Å². The molecule has 5 N–H and O–H groups in total. The topological polar surface area (TPSA) is 298 Å². The second-order valence-corrected chi connectivity index (χ2v) is 18.6. The Bertz CT molecular complexity index is 2660. The molecule has 8 amide bonds. The van der Waals surface area contributed by atoms with Crippen LogP contribution < -0.4 is 31.3 Å². The number of piperidine rings is 1. The molecule has 0 spiro atoms. The maximum Gasteiger partial charge on any atom is 0.262 e. The van der Waals surface area contributed by atoms with Gasteiger partial charge in [0, 0.05) is 62.5 Å². The van der Waals surface area contributed by atoms with Crippen molar-refractivity contribution < 1.29 is 70.5 Å². The molecule has 1 saturated heterocycles. The van der Waals surface area contributed by atoms with Gasteiger partial charge in [-0.15, -0.1) is 11.3 Å². The minimum Gasteiger partial charge on any atom is -0.484 e. The number of carbonyl (C=O) groups excluding carboxylic acids is 8. The quantitative estimate of drug-likeness (QED) is 0.0376. The highest BCUT2D eigenvalue weighted by atomic mass is 32.2. The number of fused-ring (bicyclic) bond motifs is 1. The van der Waals surface area contributed by atoms with E-state index < -0.39 is 63.5 Å². The molecule has 0 bridgehead atoms. The summed E-state index contributed by atoms with van der Waals surface area (Å²) in [7, 11) is -3.62. The molecular weight excluding hydrogens is 969 g/mol. The molecule has 2 atom stereocenters. The Kier molecular flexibility index (Phi) is 19.8. The standard InChI is InChI=1S/C46H54N8O15S2/c1-71(63,64)53-17-13-31(27-53)41(58)49-35(42(59)52-46-50-36(29-70-46)30-6-3-2-4-7-30)14-19-65-18-5-8-38(55)47-15-20-66-22-24-68-25-23-67-21-16-48-40(57)28-69-32-9-10-33-34(26-32)45(62)54(44(33)61)37-11-12-39(56)51-43(37)60/h2-4,6-7,9-10,13,17,26-27,29,35,37H,5,8,11-12,14-16,18-25,28H2,1H3,(H,47,55)(H,48,57)(H,49,58)(H,50,52,59)(H,51,56,60)/t35-,37?/m0/s1. The van der Waals surface area contributed by atoms with Gasteiger partial charge < -0.3 is 45.0 Å². The number of benzene rings is 2. The molecule has 2 aliphatic rings. The van der Waals surface area contributed by atoms with E-state index in [9.17, 15) is 46.8 Å². The first kappa shape index (κ1) is 53.5. The number of nitrogens with zero attached hydrogens (tertiary/aromatic N) is 3. The maximum absolute atomic E-state index is 13.4. The Hall–Kier alpha value is -6.90. The second kappa shape index (κ2) is 26.3. The van der Waals surface area contributed by atoms with Gasteiger partial charge in [-0.3, -0.25) is 52.5 Å². The fraction of sp³-hybridized carbons (Fsp3) is 0.413. The summed E-state index contributed by atoms with van der Waals surface area (Å²) in [5, 5.41) is 15.1. The highest BCUT2D eigenvalue weighted by molar-refractivity contribution is 7.89. The number of hydrogen-bond acceptors (Lipinski definition) is 17. The molecule has 6 rings (SSSR count). The highest BCUT2D eigenvalue weighted by Crippen LogP contribution is 2.30. The van der Waals surface area contributed by atoms with E-state index in [1.165, 1.54) is 41.8 Å². The molecule has 0 saturated carbocycles. The lowest BCUT2D eigenvalue weighted by Gasteiger charge is -2.27. The lowest BCUT2D eigenvalue weighted by atomic mass is 10.0. The van der Waals surface area contributed by atoms with Crippen molar-refractivity contribution in [3.8, 4) is 17.0 Å². The first-order chi connectivity index (χ1) is 34.2. The summed E-state index contributed by atoms with van der Waals surface area (Å²) in [6.45, 7) is 2.02. The molecular formula is C46H54N8O15S2. The zero-order valence-corrected chi connectivity index (χ0v) is 40.3. The summed E-state index contributed by atoms with van der Waals surface area (Å²) < 4.78 is 52.3. The molecule has 1 fully saturated rings. The first-order valence-corrected chi connectivity index (χ1v) is 25.2. The van der Waals surface area contributed by atoms with Gasteiger partial charge in [-0.25, -0.2) is 13.4 Å². The zero-order valence-electron chi connectivity index (χ0n) is 38.7. The van der Waals surface area contributed by atoms with Crippen LogP contribution in [0.3, 0.4) is 0 Å². The lowest BCUT2D eigenvalue weighted by molar-refractivity contribution is -0.136. The molecule has 2 aromatic heterocycles. The number of carbonyl (C=O) groups is 8. The van der Waals surface area contributed by atoms with E-state index in [4.69, 9.17) is 23.7 Å². The van der Waals surface area contributed by atoms with Crippen LogP contribution in [0.25, 0.3) is 11.3 Å². The Morgan fingerprint density at radius 1 is 0.831 bits per heavy atom. The molecule has 0 radical (unpaired) electrons. The van der Waals surface area contributed by atoms with Crippen LogP contribution in [0.2, 0.25) is 0 Å². The van der Waals surface area contributed by atoms with Crippen LogP contribution >= 0.6 is 11.3 Å². The lowest BCUT2D eigenvalue weighted by Crippen LogP contribution is -2.54. The number of imide groups is 2. The summed E-state index contributed by atoms with van der Waals surface area (Å²) >= 11 is 1.23. The van der Waals surface area contributed by atoms with Crippen LogP contribution in [-0.2, 0) is 52.9 Å². The highest BCUT2D eigenvalue weighted by Gasteiger charge is 2.44. The molecule has 0 aliphatic carbocycles. The van der Waals surface area contributed by atoms with E-state index in [0.717, 1.165) is 26.9 Å². The molecule has 1 unspecified atom stereocenters. The predicted molar refractivity (Wildman–Crippen MR) is 254 cm³/mol. The fourth-order valence-electron chi connectivity index (χ4n) is 7.03. The predicted octanol–water partition coefficient (Wildman–Crippen LogP) is 1.11. The first-order valence-electron chi connectivity index (χ1n) is 22.5. The van der Waals surface area contributed by atoms with Gasteiger partial charge in [-0.05, 0) is 43.5 Å². The summed E-state index contributed by atoms with van der Waals surface area (Å²) in [5.74, 6) is -4.16. The molecule has 2 aliphatic heterocycles. The van der Waals surface area contributed by atoms with Gasteiger partial charge in [0.05, 0.1) is 68.3 Å². The Balaban J connectivity index is 0.760. The molecule has 23 nitrogen and oxygen atoms in total. The van der Waals surface area contributed by atoms with Crippen molar-refractivity contribution in [1.82, 2.24) is 35.1 Å². The Morgan fingerprint density at radius 3 is 2.20 bits per heavy atom. The summed E-state index contributed by atoms with van der Waals surface area (Å²) in [6, 6.07) is 12.8. The number of ether oxygens (including phenoxy) is 5. The van der Waals surface area contributed by atoms with Gasteiger partial charge in [0.1, 0.15) is 17.8 Å². The van der Waals surface area contributed by atoms with Crippen LogP contribution in [0.1, 0.15) is 63.2 Å². The maximum atomic E-state index is 13.4. The number of amides is 8.